The maximum absolute atomic E-state index is 12.0. The predicted octanol–water partition coefficient (Wildman–Crippen LogP) is 1.37. The second kappa shape index (κ2) is 9.75. The van der Waals surface area contributed by atoms with Crippen molar-refractivity contribution in [3.63, 3.8) is 0 Å². The summed E-state index contributed by atoms with van der Waals surface area (Å²) in [6, 6.07) is 7.70. The van der Waals surface area contributed by atoms with Crippen LogP contribution in [-0.4, -0.2) is 73.4 Å². The number of aliphatic hydroxyl groups excluding tert-OH is 1. The molecular weight excluding hydrogens is 320 g/mol. The fourth-order valence-corrected chi connectivity index (χ4v) is 2.90. The number of methoxy groups -OCH3 is 1. The molecule has 1 aromatic carbocycles. The van der Waals surface area contributed by atoms with Crippen LogP contribution in [0.15, 0.2) is 24.3 Å². The van der Waals surface area contributed by atoms with Crippen LogP contribution in [0, 0.1) is 5.92 Å². The lowest BCUT2D eigenvalue weighted by Gasteiger charge is -2.36. The number of hydrogen-bond donors (Lipinski definition) is 1. The molecule has 0 aliphatic carbocycles. The standard InChI is InChI=1S/C19H30N2O4/c1-15(2)19(23)21-10-8-20(9-11-21)12-17(22)14-25-13-16-4-6-18(24-3)7-5-16/h4-7,15,17,22H,8-14H2,1-3H3/t17-/m0/s1. The van der Waals surface area contributed by atoms with Crippen LogP contribution in [0.4, 0.5) is 0 Å². The van der Waals surface area contributed by atoms with Crippen LogP contribution >= 0.6 is 0 Å². The van der Waals surface area contributed by atoms with Crippen molar-refractivity contribution in [3.8, 4) is 5.75 Å². The molecule has 6 heteroatoms. The fraction of sp³-hybridized carbons (Fsp3) is 0.632. The van der Waals surface area contributed by atoms with Crippen LogP contribution in [0.2, 0.25) is 0 Å². The van der Waals surface area contributed by atoms with Crippen molar-refractivity contribution < 1.29 is 19.4 Å². The van der Waals surface area contributed by atoms with Crippen LogP contribution < -0.4 is 4.74 Å². The number of carbonyl (C=O) groups is 1. The number of hydrogen-bond acceptors (Lipinski definition) is 5. The topological polar surface area (TPSA) is 62.2 Å². The lowest BCUT2D eigenvalue weighted by Crippen LogP contribution is -2.51. The van der Waals surface area contributed by atoms with Crippen LogP contribution in [-0.2, 0) is 16.1 Å². The molecular formula is C19H30N2O4. The number of amides is 1. The Bertz CT molecular complexity index is 525. The Hall–Kier alpha value is -1.63. The molecule has 1 atom stereocenters. The summed E-state index contributed by atoms with van der Waals surface area (Å²) in [6.45, 7) is 8.27. The summed E-state index contributed by atoms with van der Waals surface area (Å²) in [5.74, 6) is 1.07. The minimum Gasteiger partial charge on any atom is -0.497 e. The molecule has 1 amide bonds. The minimum atomic E-state index is -0.523. The van der Waals surface area contributed by atoms with Gasteiger partial charge in [-0.3, -0.25) is 9.69 Å². The van der Waals surface area contributed by atoms with Crippen molar-refractivity contribution >= 4 is 5.91 Å². The molecule has 140 valence electrons. The van der Waals surface area contributed by atoms with E-state index >= 15 is 0 Å². The van der Waals surface area contributed by atoms with Gasteiger partial charge in [-0.2, -0.15) is 0 Å². The van der Waals surface area contributed by atoms with E-state index in [1.54, 1.807) is 7.11 Å². The van der Waals surface area contributed by atoms with Crippen molar-refractivity contribution in [2.75, 3.05) is 46.4 Å². The summed E-state index contributed by atoms with van der Waals surface area (Å²) in [6.07, 6.45) is -0.523. The molecule has 1 N–H and O–H groups in total. The van der Waals surface area contributed by atoms with E-state index in [0.717, 1.165) is 37.5 Å². The third-order valence-corrected chi connectivity index (χ3v) is 4.38. The van der Waals surface area contributed by atoms with Crippen LogP contribution in [0.5, 0.6) is 5.75 Å². The Balaban J connectivity index is 1.64. The van der Waals surface area contributed by atoms with Crippen molar-refractivity contribution in [1.29, 1.82) is 0 Å². The number of rotatable bonds is 8. The highest BCUT2D eigenvalue weighted by atomic mass is 16.5. The van der Waals surface area contributed by atoms with E-state index in [1.807, 2.05) is 43.0 Å². The van der Waals surface area contributed by atoms with Gasteiger partial charge in [-0.05, 0) is 17.7 Å². The van der Waals surface area contributed by atoms with Crippen LogP contribution in [0.3, 0.4) is 0 Å². The molecule has 0 bridgehead atoms. The second-order valence-corrected chi connectivity index (χ2v) is 6.80. The second-order valence-electron chi connectivity index (χ2n) is 6.80. The molecule has 0 unspecified atom stereocenters. The molecule has 25 heavy (non-hydrogen) atoms. The van der Waals surface area contributed by atoms with E-state index in [0.29, 0.717) is 19.8 Å². The molecule has 1 fully saturated rings. The summed E-state index contributed by atoms with van der Waals surface area (Å²) < 4.78 is 10.7. The number of nitrogens with zero attached hydrogens (tertiary/aromatic N) is 2. The first-order valence-corrected chi connectivity index (χ1v) is 8.89. The van der Waals surface area contributed by atoms with Gasteiger partial charge in [-0.15, -0.1) is 0 Å². The summed E-state index contributed by atoms with van der Waals surface area (Å²) in [7, 11) is 1.64. The van der Waals surface area contributed by atoms with Crippen molar-refractivity contribution in [1.82, 2.24) is 9.80 Å². The smallest absolute Gasteiger partial charge is 0.225 e. The van der Waals surface area contributed by atoms with Gasteiger partial charge >= 0.3 is 0 Å². The molecule has 1 heterocycles. The van der Waals surface area contributed by atoms with Gasteiger partial charge in [0.25, 0.3) is 0 Å². The number of carbonyl (C=O) groups excluding carboxylic acids is 1. The Morgan fingerprint density at radius 2 is 1.80 bits per heavy atom. The Labute approximate surface area is 150 Å². The Morgan fingerprint density at radius 3 is 2.36 bits per heavy atom. The van der Waals surface area contributed by atoms with Gasteiger partial charge < -0.3 is 19.5 Å². The number of piperazine rings is 1. The highest BCUT2D eigenvalue weighted by Crippen LogP contribution is 2.12. The van der Waals surface area contributed by atoms with Gasteiger partial charge in [-0.25, -0.2) is 0 Å². The average Bonchev–Trinajstić information content (AvgIpc) is 2.62. The maximum atomic E-state index is 12.0. The monoisotopic (exact) mass is 350 g/mol. The number of ether oxygens (including phenoxy) is 2. The summed E-state index contributed by atoms with van der Waals surface area (Å²) >= 11 is 0. The van der Waals surface area contributed by atoms with Gasteiger partial charge in [0, 0.05) is 38.6 Å². The van der Waals surface area contributed by atoms with Gasteiger partial charge in [0.1, 0.15) is 5.75 Å². The predicted molar refractivity (Wildman–Crippen MR) is 96.5 cm³/mol. The molecule has 0 radical (unpaired) electrons. The average molecular weight is 350 g/mol. The zero-order chi connectivity index (χ0) is 18.2. The zero-order valence-electron chi connectivity index (χ0n) is 15.5. The van der Waals surface area contributed by atoms with Gasteiger partial charge in [0.15, 0.2) is 0 Å². The van der Waals surface area contributed by atoms with Crippen LogP contribution in [0.1, 0.15) is 19.4 Å². The quantitative estimate of drug-likeness (QED) is 0.767. The van der Waals surface area contributed by atoms with Crippen molar-refractivity contribution in [3.05, 3.63) is 29.8 Å². The molecule has 1 aliphatic rings. The first kappa shape index (κ1) is 19.7. The molecule has 0 saturated carbocycles. The van der Waals surface area contributed by atoms with E-state index in [-0.39, 0.29) is 11.8 Å². The third-order valence-electron chi connectivity index (χ3n) is 4.38. The molecule has 2 rings (SSSR count). The fourth-order valence-electron chi connectivity index (χ4n) is 2.90. The van der Waals surface area contributed by atoms with Gasteiger partial charge in [0.2, 0.25) is 5.91 Å². The summed E-state index contributed by atoms with van der Waals surface area (Å²) in [5, 5.41) is 10.2. The number of β-amino-alcohol motifs (C(OH)–C–C–N with tert-alkyl or cyclic N) is 1. The van der Waals surface area contributed by atoms with E-state index in [9.17, 15) is 9.90 Å². The molecule has 1 aromatic rings. The summed E-state index contributed by atoms with van der Waals surface area (Å²) in [5.41, 5.74) is 1.05. The minimum absolute atomic E-state index is 0.0449. The van der Waals surface area contributed by atoms with Crippen LogP contribution in [0.25, 0.3) is 0 Å². The van der Waals surface area contributed by atoms with Gasteiger partial charge in [0.05, 0.1) is 26.4 Å². The van der Waals surface area contributed by atoms with E-state index in [4.69, 9.17) is 9.47 Å². The molecule has 6 nitrogen and oxygen atoms in total. The number of aliphatic hydroxyl groups is 1. The first-order valence-electron chi connectivity index (χ1n) is 8.89. The molecule has 0 aromatic heterocycles. The van der Waals surface area contributed by atoms with E-state index in [2.05, 4.69) is 4.90 Å². The maximum Gasteiger partial charge on any atom is 0.225 e. The zero-order valence-corrected chi connectivity index (χ0v) is 15.5. The Morgan fingerprint density at radius 1 is 1.16 bits per heavy atom. The third kappa shape index (κ3) is 6.30. The first-order chi connectivity index (χ1) is 12.0. The molecule has 1 saturated heterocycles. The van der Waals surface area contributed by atoms with Crippen molar-refractivity contribution in [2.24, 2.45) is 5.92 Å². The lowest BCUT2D eigenvalue weighted by atomic mass is 10.1. The lowest BCUT2D eigenvalue weighted by molar-refractivity contribution is -0.136. The number of benzene rings is 1. The Kier molecular flexibility index (Phi) is 7.68. The van der Waals surface area contributed by atoms with E-state index < -0.39 is 6.10 Å². The normalized spacial score (nSPS) is 16.9. The van der Waals surface area contributed by atoms with Gasteiger partial charge in [-0.1, -0.05) is 26.0 Å². The highest BCUT2D eigenvalue weighted by molar-refractivity contribution is 5.78. The van der Waals surface area contributed by atoms with E-state index in [1.165, 1.54) is 0 Å². The molecule has 1 aliphatic heterocycles. The highest BCUT2D eigenvalue weighted by Gasteiger charge is 2.23. The van der Waals surface area contributed by atoms with Crippen molar-refractivity contribution in [2.45, 2.75) is 26.6 Å². The largest absolute Gasteiger partial charge is 0.497 e. The molecule has 0 spiro atoms. The summed E-state index contributed by atoms with van der Waals surface area (Å²) in [4.78, 5) is 16.1. The SMILES string of the molecule is COc1ccc(COC[C@@H](O)CN2CCN(C(=O)C(C)C)CC2)cc1.